The fourth-order valence-corrected chi connectivity index (χ4v) is 2.69. The predicted molar refractivity (Wildman–Crippen MR) is 93.4 cm³/mol. The van der Waals surface area contributed by atoms with Gasteiger partial charge in [-0.25, -0.2) is 0 Å². The summed E-state index contributed by atoms with van der Waals surface area (Å²) in [5, 5.41) is 10.1. The van der Waals surface area contributed by atoms with Gasteiger partial charge < -0.3 is 19.5 Å². The summed E-state index contributed by atoms with van der Waals surface area (Å²) in [6.07, 6.45) is 8.60. The van der Waals surface area contributed by atoms with Gasteiger partial charge in [0.25, 0.3) is 0 Å². The van der Waals surface area contributed by atoms with Crippen molar-refractivity contribution in [3.63, 3.8) is 0 Å². The molecule has 0 saturated carbocycles. The molecule has 24 heavy (non-hydrogen) atoms. The standard InChI is InChI=1S/C19H25NO4/c1-23-17-10-9-15(14-18(17)24-2)13-16(21)7-3-4-8-19(22)20-11-5-6-12-20/h3-4,7-10,14,16,21H,5-6,11-13H2,1-2H3/b7-3+,8-4+/t16-/m0/s1. The molecule has 1 N–H and O–H groups in total. The minimum atomic E-state index is -0.630. The van der Waals surface area contributed by atoms with E-state index in [1.807, 2.05) is 23.1 Å². The maximum absolute atomic E-state index is 11.8. The van der Waals surface area contributed by atoms with Gasteiger partial charge in [-0.2, -0.15) is 0 Å². The number of amides is 1. The van der Waals surface area contributed by atoms with E-state index in [2.05, 4.69) is 0 Å². The maximum Gasteiger partial charge on any atom is 0.246 e. The van der Waals surface area contributed by atoms with Crippen molar-refractivity contribution in [3.8, 4) is 11.5 Å². The Hall–Kier alpha value is -2.27. The van der Waals surface area contributed by atoms with Crippen LogP contribution in [0, 0.1) is 0 Å². The molecule has 1 aliphatic heterocycles. The highest BCUT2D eigenvalue weighted by Crippen LogP contribution is 2.28. The molecule has 1 amide bonds. The Balaban J connectivity index is 1.85. The average molecular weight is 331 g/mol. The second-order valence-electron chi connectivity index (χ2n) is 5.74. The van der Waals surface area contributed by atoms with Gasteiger partial charge in [0.15, 0.2) is 11.5 Å². The number of benzene rings is 1. The van der Waals surface area contributed by atoms with Crippen molar-refractivity contribution in [2.45, 2.75) is 25.4 Å². The zero-order chi connectivity index (χ0) is 17.4. The molecule has 0 aliphatic carbocycles. The lowest BCUT2D eigenvalue weighted by atomic mass is 10.1. The van der Waals surface area contributed by atoms with E-state index in [9.17, 15) is 9.90 Å². The van der Waals surface area contributed by atoms with Gasteiger partial charge in [-0.05, 0) is 30.5 Å². The number of rotatable bonds is 7. The molecule has 1 atom stereocenters. The third-order valence-corrected chi connectivity index (χ3v) is 3.99. The van der Waals surface area contributed by atoms with Crippen LogP contribution in [0.5, 0.6) is 11.5 Å². The molecule has 1 saturated heterocycles. The number of ether oxygens (including phenoxy) is 2. The number of aliphatic hydroxyl groups is 1. The number of methoxy groups -OCH3 is 2. The van der Waals surface area contributed by atoms with E-state index in [1.54, 1.807) is 38.5 Å². The van der Waals surface area contributed by atoms with E-state index in [0.717, 1.165) is 31.5 Å². The van der Waals surface area contributed by atoms with Gasteiger partial charge in [-0.3, -0.25) is 4.79 Å². The normalized spacial score (nSPS) is 16.0. The van der Waals surface area contributed by atoms with E-state index in [1.165, 1.54) is 0 Å². The number of hydrogen-bond donors (Lipinski definition) is 1. The Kier molecular flexibility index (Phi) is 6.88. The summed E-state index contributed by atoms with van der Waals surface area (Å²) in [5.74, 6) is 1.34. The van der Waals surface area contributed by atoms with E-state index in [0.29, 0.717) is 17.9 Å². The molecule has 0 radical (unpaired) electrons. The molecule has 0 spiro atoms. The van der Waals surface area contributed by atoms with Crippen molar-refractivity contribution in [2.24, 2.45) is 0 Å². The highest BCUT2D eigenvalue weighted by Gasteiger charge is 2.14. The molecule has 1 aromatic rings. The fourth-order valence-electron chi connectivity index (χ4n) is 2.69. The summed E-state index contributed by atoms with van der Waals surface area (Å²) in [6.45, 7) is 1.68. The quantitative estimate of drug-likeness (QED) is 0.615. The average Bonchev–Trinajstić information content (AvgIpc) is 3.13. The summed E-state index contributed by atoms with van der Waals surface area (Å²) in [6, 6.07) is 5.56. The summed E-state index contributed by atoms with van der Waals surface area (Å²) >= 11 is 0. The molecular weight excluding hydrogens is 306 g/mol. The molecule has 0 aromatic heterocycles. The van der Waals surface area contributed by atoms with Crippen LogP contribution in [0.15, 0.2) is 42.5 Å². The number of nitrogens with zero attached hydrogens (tertiary/aromatic N) is 1. The lowest BCUT2D eigenvalue weighted by Crippen LogP contribution is -2.25. The zero-order valence-electron chi connectivity index (χ0n) is 14.3. The summed E-state index contributed by atoms with van der Waals surface area (Å²) in [4.78, 5) is 13.7. The molecule has 2 rings (SSSR count). The van der Waals surface area contributed by atoms with Gasteiger partial charge in [-0.15, -0.1) is 0 Å². The van der Waals surface area contributed by atoms with Crippen molar-refractivity contribution in [3.05, 3.63) is 48.1 Å². The number of likely N-dealkylation sites (tertiary alicyclic amines) is 1. The molecule has 5 nitrogen and oxygen atoms in total. The van der Waals surface area contributed by atoms with Crippen LogP contribution in [0.25, 0.3) is 0 Å². The Morgan fingerprint density at radius 1 is 1.21 bits per heavy atom. The minimum absolute atomic E-state index is 0.0338. The van der Waals surface area contributed by atoms with Gasteiger partial charge >= 0.3 is 0 Å². The minimum Gasteiger partial charge on any atom is -0.493 e. The summed E-state index contributed by atoms with van der Waals surface area (Å²) < 4.78 is 10.4. The first-order valence-corrected chi connectivity index (χ1v) is 8.16. The van der Waals surface area contributed by atoms with Gasteiger partial charge in [0, 0.05) is 25.6 Å². The Labute approximate surface area is 143 Å². The van der Waals surface area contributed by atoms with Crippen molar-refractivity contribution < 1.29 is 19.4 Å². The molecule has 1 fully saturated rings. The largest absolute Gasteiger partial charge is 0.493 e. The molecule has 130 valence electrons. The number of carbonyl (C=O) groups excluding carboxylic acids is 1. The number of hydrogen-bond acceptors (Lipinski definition) is 4. The zero-order valence-corrected chi connectivity index (χ0v) is 14.3. The smallest absolute Gasteiger partial charge is 0.246 e. The Morgan fingerprint density at radius 3 is 2.58 bits per heavy atom. The summed E-state index contributed by atoms with van der Waals surface area (Å²) in [7, 11) is 3.17. The highest BCUT2D eigenvalue weighted by atomic mass is 16.5. The predicted octanol–water partition coefficient (Wildman–Crippen LogP) is 2.34. The van der Waals surface area contributed by atoms with E-state index < -0.39 is 6.10 Å². The van der Waals surface area contributed by atoms with Crippen LogP contribution < -0.4 is 9.47 Å². The first-order chi connectivity index (χ1) is 11.6. The molecule has 1 heterocycles. The number of allylic oxidation sites excluding steroid dienone is 2. The molecule has 0 bridgehead atoms. The Bertz CT molecular complexity index is 603. The molecule has 0 unspecified atom stereocenters. The number of carbonyl (C=O) groups is 1. The molecular formula is C19H25NO4. The Morgan fingerprint density at radius 2 is 1.92 bits per heavy atom. The third-order valence-electron chi connectivity index (χ3n) is 3.99. The lowest BCUT2D eigenvalue weighted by molar-refractivity contribution is -0.124. The van der Waals surface area contributed by atoms with E-state index in [4.69, 9.17) is 9.47 Å². The van der Waals surface area contributed by atoms with Crippen molar-refractivity contribution in [1.82, 2.24) is 4.90 Å². The lowest BCUT2D eigenvalue weighted by Gasteiger charge is -2.11. The van der Waals surface area contributed by atoms with Crippen molar-refractivity contribution in [2.75, 3.05) is 27.3 Å². The topological polar surface area (TPSA) is 59.0 Å². The van der Waals surface area contributed by atoms with Gasteiger partial charge in [0.1, 0.15) is 0 Å². The van der Waals surface area contributed by atoms with Crippen LogP contribution >= 0.6 is 0 Å². The van der Waals surface area contributed by atoms with Crippen LogP contribution in [-0.2, 0) is 11.2 Å². The van der Waals surface area contributed by atoms with Crippen LogP contribution in [0.3, 0.4) is 0 Å². The van der Waals surface area contributed by atoms with Gasteiger partial charge in [-0.1, -0.05) is 24.3 Å². The van der Waals surface area contributed by atoms with Crippen LogP contribution in [-0.4, -0.2) is 49.3 Å². The highest BCUT2D eigenvalue weighted by molar-refractivity contribution is 5.88. The molecule has 5 heteroatoms. The molecule has 1 aliphatic rings. The second-order valence-corrected chi connectivity index (χ2v) is 5.74. The fraction of sp³-hybridized carbons (Fsp3) is 0.421. The third kappa shape index (κ3) is 5.13. The SMILES string of the molecule is COc1ccc(C[C@@H](O)/C=C/C=C/C(=O)N2CCCC2)cc1OC. The van der Waals surface area contributed by atoms with Crippen LogP contribution in [0.4, 0.5) is 0 Å². The van der Waals surface area contributed by atoms with Crippen LogP contribution in [0.1, 0.15) is 18.4 Å². The van der Waals surface area contributed by atoms with Crippen LogP contribution in [0.2, 0.25) is 0 Å². The first-order valence-electron chi connectivity index (χ1n) is 8.16. The molecule has 1 aromatic carbocycles. The van der Waals surface area contributed by atoms with E-state index in [-0.39, 0.29) is 5.91 Å². The second kappa shape index (κ2) is 9.13. The maximum atomic E-state index is 11.8. The van der Waals surface area contributed by atoms with Gasteiger partial charge in [0.2, 0.25) is 5.91 Å². The first kappa shape index (κ1) is 18.1. The van der Waals surface area contributed by atoms with E-state index >= 15 is 0 Å². The van der Waals surface area contributed by atoms with Gasteiger partial charge in [0.05, 0.1) is 20.3 Å². The van der Waals surface area contributed by atoms with Crippen molar-refractivity contribution in [1.29, 1.82) is 0 Å². The van der Waals surface area contributed by atoms with Crippen molar-refractivity contribution >= 4 is 5.91 Å². The number of aliphatic hydroxyl groups excluding tert-OH is 1. The summed E-state index contributed by atoms with van der Waals surface area (Å²) in [5.41, 5.74) is 0.946. The monoisotopic (exact) mass is 331 g/mol.